The smallest absolute Gasteiger partial charge is 0.271 e. The van der Waals surface area contributed by atoms with E-state index >= 15 is 0 Å². The number of hydrogen-bond acceptors (Lipinski definition) is 6. The standard InChI is InChI=1S/C25H26N4O6S/c1-17-13-14-20(29(32)33)15-23(17)28(36(3,34)35)16-24(30)27-22-12-8-7-11-21(22)25(31)26-18(2)19-9-5-4-6-10-19/h4-15,18H,16H2,1-3H3,(H,26,31)(H,27,30)/t18-/m0/s1. The molecule has 3 rings (SSSR count). The highest BCUT2D eigenvalue weighted by molar-refractivity contribution is 7.92. The highest BCUT2D eigenvalue weighted by Crippen LogP contribution is 2.27. The maximum Gasteiger partial charge on any atom is 0.271 e. The second-order valence-electron chi connectivity index (χ2n) is 8.20. The zero-order chi connectivity index (χ0) is 26.5. The molecule has 11 heteroatoms. The van der Waals surface area contributed by atoms with E-state index in [0.29, 0.717) is 5.56 Å². The normalized spacial score (nSPS) is 11.9. The van der Waals surface area contributed by atoms with Gasteiger partial charge in [0.2, 0.25) is 15.9 Å². The topological polar surface area (TPSA) is 139 Å². The number of hydrogen-bond donors (Lipinski definition) is 2. The predicted octanol–water partition coefficient (Wildman–Crippen LogP) is 3.80. The van der Waals surface area contributed by atoms with Crippen LogP contribution in [-0.4, -0.2) is 38.0 Å². The minimum atomic E-state index is -3.97. The molecule has 0 fully saturated rings. The SMILES string of the molecule is Cc1ccc([N+](=O)[O-])cc1N(CC(=O)Nc1ccccc1C(=O)N[C@@H](C)c1ccccc1)S(C)(=O)=O. The van der Waals surface area contributed by atoms with Crippen LogP contribution in [0.2, 0.25) is 0 Å². The number of nitro groups is 1. The molecule has 10 nitrogen and oxygen atoms in total. The van der Waals surface area contributed by atoms with Crippen molar-refractivity contribution in [1.29, 1.82) is 0 Å². The number of amides is 2. The first-order valence-electron chi connectivity index (χ1n) is 10.9. The van der Waals surface area contributed by atoms with Gasteiger partial charge in [-0.05, 0) is 37.1 Å². The molecule has 2 N–H and O–H groups in total. The second-order valence-corrected chi connectivity index (χ2v) is 10.1. The van der Waals surface area contributed by atoms with E-state index < -0.39 is 33.3 Å². The first-order chi connectivity index (χ1) is 17.0. The van der Waals surface area contributed by atoms with Crippen molar-refractivity contribution in [2.45, 2.75) is 19.9 Å². The molecule has 0 bridgehead atoms. The van der Waals surface area contributed by atoms with Gasteiger partial charge in [0.15, 0.2) is 0 Å². The summed E-state index contributed by atoms with van der Waals surface area (Å²) in [5.41, 5.74) is 1.45. The summed E-state index contributed by atoms with van der Waals surface area (Å²) in [6.45, 7) is 2.78. The lowest BCUT2D eigenvalue weighted by Gasteiger charge is -2.23. The minimum Gasteiger partial charge on any atom is -0.345 e. The third-order valence-electron chi connectivity index (χ3n) is 5.45. The molecule has 0 radical (unpaired) electrons. The van der Waals surface area contributed by atoms with E-state index in [2.05, 4.69) is 10.6 Å². The Balaban J connectivity index is 1.82. The Morgan fingerprint density at radius 1 is 1.03 bits per heavy atom. The Kier molecular flexibility index (Phi) is 8.05. The van der Waals surface area contributed by atoms with Gasteiger partial charge in [0.05, 0.1) is 34.2 Å². The zero-order valence-electron chi connectivity index (χ0n) is 20.0. The highest BCUT2D eigenvalue weighted by atomic mass is 32.2. The van der Waals surface area contributed by atoms with Crippen molar-refractivity contribution < 1.29 is 22.9 Å². The van der Waals surface area contributed by atoms with E-state index in [4.69, 9.17) is 0 Å². The first-order valence-corrected chi connectivity index (χ1v) is 12.8. The van der Waals surface area contributed by atoms with Crippen LogP contribution < -0.4 is 14.9 Å². The number of anilines is 2. The number of nitrogens with zero attached hydrogens (tertiary/aromatic N) is 2. The average Bonchev–Trinajstić information content (AvgIpc) is 2.83. The van der Waals surface area contributed by atoms with E-state index in [1.165, 1.54) is 18.2 Å². The van der Waals surface area contributed by atoms with Gasteiger partial charge in [-0.15, -0.1) is 0 Å². The zero-order valence-corrected chi connectivity index (χ0v) is 20.8. The molecule has 0 aliphatic carbocycles. The molecule has 0 spiro atoms. The van der Waals surface area contributed by atoms with Gasteiger partial charge in [-0.25, -0.2) is 8.42 Å². The molecule has 0 unspecified atom stereocenters. The van der Waals surface area contributed by atoms with E-state index in [1.54, 1.807) is 25.1 Å². The molecule has 0 heterocycles. The number of aryl methyl sites for hydroxylation is 1. The fraction of sp³-hybridized carbons (Fsp3) is 0.200. The molecular formula is C25H26N4O6S. The molecule has 1 atom stereocenters. The van der Waals surface area contributed by atoms with Crippen LogP contribution in [0.25, 0.3) is 0 Å². The molecule has 188 valence electrons. The number of rotatable bonds is 9. The molecule has 0 aliphatic rings. The monoisotopic (exact) mass is 510 g/mol. The van der Waals surface area contributed by atoms with Crippen molar-refractivity contribution in [2.75, 3.05) is 22.4 Å². The summed E-state index contributed by atoms with van der Waals surface area (Å²) >= 11 is 0. The summed E-state index contributed by atoms with van der Waals surface area (Å²) in [6, 6.07) is 19.2. The Hall–Kier alpha value is -4.25. The lowest BCUT2D eigenvalue weighted by atomic mass is 10.1. The number of nitrogens with one attached hydrogen (secondary N) is 2. The Morgan fingerprint density at radius 2 is 1.67 bits per heavy atom. The largest absolute Gasteiger partial charge is 0.345 e. The third kappa shape index (κ3) is 6.45. The number of para-hydroxylation sites is 1. The van der Waals surface area contributed by atoms with Crippen molar-refractivity contribution in [3.63, 3.8) is 0 Å². The van der Waals surface area contributed by atoms with Crippen molar-refractivity contribution in [3.8, 4) is 0 Å². The van der Waals surface area contributed by atoms with Gasteiger partial charge < -0.3 is 10.6 Å². The minimum absolute atomic E-state index is 0.0181. The van der Waals surface area contributed by atoms with Crippen LogP contribution in [0.5, 0.6) is 0 Å². The molecule has 0 saturated carbocycles. The highest BCUT2D eigenvalue weighted by Gasteiger charge is 2.25. The Labute approximate surface area is 209 Å². The average molecular weight is 511 g/mol. The molecule has 0 aromatic heterocycles. The van der Waals surface area contributed by atoms with Crippen LogP contribution in [0.1, 0.15) is 34.5 Å². The van der Waals surface area contributed by atoms with Crippen LogP contribution in [0, 0.1) is 17.0 Å². The Bertz CT molecular complexity index is 1390. The number of carbonyl (C=O) groups is 2. The van der Waals surface area contributed by atoms with E-state index in [-0.39, 0.29) is 28.7 Å². The molecule has 0 aliphatic heterocycles. The van der Waals surface area contributed by atoms with Crippen LogP contribution in [0.4, 0.5) is 17.1 Å². The fourth-order valence-corrected chi connectivity index (χ4v) is 4.48. The maximum atomic E-state index is 12.9. The van der Waals surface area contributed by atoms with Gasteiger partial charge in [0.25, 0.3) is 11.6 Å². The van der Waals surface area contributed by atoms with Crippen molar-refractivity contribution in [1.82, 2.24) is 5.32 Å². The van der Waals surface area contributed by atoms with Crippen LogP contribution in [0.15, 0.2) is 72.8 Å². The number of benzene rings is 3. The van der Waals surface area contributed by atoms with Crippen molar-refractivity contribution in [2.24, 2.45) is 0 Å². The van der Waals surface area contributed by atoms with Crippen LogP contribution in [-0.2, 0) is 14.8 Å². The molecular weight excluding hydrogens is 484 g/mol. The van der Waals surface area contributed by atoms with Crippen molar-refractivity contribution in [3.05, 3.63) is 99.6 Å². The van der Waals surface area contributed by atoms with Crippen LogP contribution in [0.3, 0.4) is 0 Å². The quantitative estimate of drug-likeness (QED) is 0.332. The number of non-ortho nitro benzene ring substituents is 1. The third-order valence-corrected chi connectivity index (χ3v) is 6.58. The molecule has 3 aromatic carbocycles. The molecule has 3 aromatic rings. The number of sulfonamides is 1. The lowest BCUT2D eigenvalue weighted by Crippen LogP contribution is -2.38. The second kappa shape index (κ2) is 11.0. The van der Waals surface area contributed by atoms with Gasteiger partial charge in [0.1, 0.15) is 6.54 Å². The van der Waals surface area contributed by atoms with Gasteiger partial charge in [-0.1, -0.05) is 48.5 Å². The van der Waals surface area contributed by atoms with Gasteiger partial charge in [-0.3, -0.25) is 24.0 Å². The van der Waals surface area contributed by atoms with Gasteiger partial charge >= 0.3 is 0 Å². The summed E-state index contributed by atoms with van der Waals surface area (Å²) < 4.78 is 25.8. The van der Waals surface area contributed by atoms with E-state index in [0.717, 1.165) is 22.2 Å². The molecule has 2 amide bonds. The van der Waals surface area contributed by atoms with Gasteiger partial charge in [-0.2, -0.15) is 0 Å². The van der Waals surface area contributed by atoms with E-state index in [9.17, 15) is 28.1 Å². The molecule has 0 saturated heterocycles. The summed E-state index contributed by atoms with van der Waals surface area (Å²) in [4.78, 5) is 36.4. The summed E-state index contributed by atoms with van der Waals surface area (Å²) in [5.74, 6) is -1.14. The summed E-state index contributed by atoms with van der Waals surface area (Å²) in [7, 11) is -3.97. The number of carbonyl (C=O) groups excluding carboxylic acids is 2. The molecule has 36 heavy (non-hydrogen) atoms. The Morgan fingerprint density at radius 3 is 2.31 bits per heavy atom. The number of nitro benzene ring substituents is 1. The predicted molar refractivity (Wildman–Crippen MR) is 137 cm³/mol. The maximum absolute atomic E-state index is 12.9. The fourth-order valence-electron chi connectivity index (χ4n) is 3.57. The van der Waals surface area contributed by atoms with Crippen molar-refractivity contribution >= 4 is 38.9 Å². The first kappa shape index (κ1) is 26.4. The van der Waals surface area contributed by atoms with Crippen LogP contribution >= 0.6 is 0 Å². The lowest BCUT2D eigenvalue weighted by molar-refractivity contribution is -0.384. The summed E-state index contributed by atoms with van der Waals surface area (Å²) in [5, 5.41) is 16.7. The summed E-state index contributed by atoms with van der Waals surface area (Å²) in [6.07, 6.45) is 0.908. The van der Waals surface area contributed by atoms with E-state index in [1.807, 2.05) is 37.3 Å². The van der Waals surface area contributed by atoms with Gasteiger partial charge in [0, 0.05) is 12.1 Å².